The van der Waals surface area contributed by atoms with Gasteiger partial charge in [0.1, 0.15) is 0 Å². The minimum Gasteiger partial charge on any atom is -0.393 e. The molecule has 0 radical (unpaired) electrons. The van der Waals surface area contributed by atoms with E-state index in [-0.39, 0.29) is 6.10 Å². The largest absolute Gasteiger partial charge is 0.393 e. The van der Waals surface area contributed by atoms with E-state index in [0.717, 1.165) is 12.3 Å². The van der Waals surface area contributed by atoms with E-state index >= 15 is 0 Å². The summed E-state index contributed by atoms with van der Waals surface area (Å²) >= 11 is 0. The first-order valence-electron chi connectivity index (χ1n) is 5.84. The van der Waals surface area contributed by atoms with Gasteiger partial charge in [0.15, 0.2) is 0 Å². The van der Waals surface area contributed by atoms with Crippen molar-refractivity contribution in [3.8, 4) is 0 Å². The third-order valence-corrected chi connectivity index (χ3v) is 2.62. The third kappa shape index (κ3) is 9.88. The molecule has 0 heterocycles. The standard InChI is InChI=1S/C12H26O/c1-4-5-8-11(2)9-6-7-10-12(3)13/h11-13H,4-10H2,1-3H3. The SMILES string of the molecule is CCCCC(C)CCCCC(C)O. The normalized spacial score (nSPS) is 15.7. The zero-order chi connectivity index (χ0) is 10.1. The van der Waals surface area contributed by atoms with Crippen LogP contribution in [0.15, 0.2) is 0 Å². The molecule has 0 amide bonds. The Balaban J connectivity index is 3.12. The summed E-state index contributed by atoms with van der Waals surface area (Å²) in [7, 11) is 0. The Kier molecular flexibility index (Phi) is 8.53. The fourth-order valence-corrected chi connectivity index (χ4v) is 1.63. The van der Waals surface area contributed by atoms with Crippen LogP contribution in [0.4, 0.5) is 0 Å². The first kappa shape index (κ1) is 13.0. The molecule has 2 atom stereocenters. The van der Waals surface area contributed by atoms with Crippen LogP contribution in [0.5, 0.6) is 0 Å². The minimum absolute atomic E-state index is 0.106. The second-order valence-electron chi connectivity index (χ2n) is 4.38. The first-order valence-corrected chi connectivity index (χ1v) is 5.84. The molecule has 0 bridgehead atoms. The number of aliphatic hydroxyl groups excluding tert-OH is 1. The topological polar surface area (TPSA) is 20.2 Å². The highest BCUT2D eigenvalue weighted by Crippen LogP contribution is 2.16. The lowest BCUT2D eigenvalue weighted by atomic mass is 9.97. The average Bonchev–Trinajstić information content (AvgIpc) is 2.08. The molecule has 1 N–H and O–H groups in total. The van der Waals surface area contributed by atoms with Gasteiger partial charge in [0.05, 0.1) is 6.10 Å². The van der Waals surface area contributed by atoms with Gasteiger partial charge in [0.2, 0.25) is 0 Å². The Morgan fingerprint density at radius 2 is 1.46 bits per heavy atom. The number of rotatable bonds is 8. The van der Waals surface area contributed by atoms with Gasteiger partial charge in [-0.15, -0.1) is 0 Å². The lowest BCUT2D eigenvalue weighted by Gasteiger charge is -2.10. The van der Waals surface area contributed by atoms with Crippen LogP contribution in [0.2, 0.25) is 0 Å². The van der Waals surface area contributed by atoms with Crippen molar-refractivity contribution in [2.24, 2.45) is 5.92 Å². The molecule has 1 nitrogen and oxygen atoms in total. The van der Waals surface area contributed by atoms with E-state index in [0.29, 0.717) is 0 Å². The lowest BCUT2D eigenvalue weighted by molar-refractivity contribution is 0.179. The van der Waals surface area contributed by atoms with Crippen LogP contribution < -0.4 is 0 Å². The van der Waals surface area contributed by atoms with Crippen molar-refractivity contribution < 1.29 is 5.11 Å². The second kappa shape index (κ2) is 8.55. The molecule has 0 aliphatic heterocycles. The predicted molar refractivity (Wildman–Crippen MR) is 58.8 cm³/mol. The molecule has 13 heavy (non-hydrogen) atoms. The summed E-state index contributed by atoms with van der Waals surface area (Å²) < 4.78 is 0. The summed E-state index contributed by atoms with van der Waals surface area (Å²) in [6.07, 6.45) is 8.75. The Labute approximate surface area is 83.5 Å². The third-order valence-electron chi connectivity index (χ3n) is 2.62. The monoisotopic (exact) mass is 186 g/mol. The number of hydrogen-bond acceptors (Lipinski definition) is 1. The zero-order valence-corrected chi connectivity index (χ0v) is 9.55. The van der Waals surface area contributed by atoms with Crippen LogP contribution in [-0.4, -0.2) is 11.2 Å². The highest BCUT2D eigenvalue weighted by atomic mass is 16.3. The molecule has 0 aromatic carbocycles. The molecule has 0 aromatic heterocycles. The molecule has 0 aliphatic rings. The quantitative estimate of drug-likeness (QED) is 0.572. The molecule has 1 heteroatoms. The van der Waals surface area contributed by atoms with Gasteiger partial charge in [-0.2, -0.15) is 0 Å². The Morgan fingerprint density at radius 3 is 2.00 bits per heavy atom. The van der Waals surface area contributed by atoms with Crippen LogP contribution in [0, 0.1) is 5.92 Å². The van der Waals surface area contributed by atoms with Crippen molar-refractivity contribution >= 4 is 0 Å². The zero-order valence-electron chi connectivity index (χ0n) is 9.55. The molecule has 0 saturated heterocycles. The van der Waals surface area contributed by atoms with Gasteiger partial charge in [0.25, 0.3) is 0 Å². The molecular formula is C12H26O. The fourth-order valence-electron chi connectivity index (χ4n) is 1.63. The maximum absolute atomic E-state index is 9.06. The van der Waals surface area contributed by atoms with Crippen LogP contribution >= 0.6 is 0 Å². The van der Waals surface area contributed by atoms with Gasteiger partial charge < -0.3 is 5.11 Å². The van der Waals surface area contributed by atoms with Crippen LogP contribution in [0.3, 0.4) is 0 Å². The summed E-state index contributed by atoms with van der Waals surface area (Å²) in [5, 5.41) is 9.06. The average molecular weight is 186 g/mol. The molecule has 0 aromatic rings. The van der Waals surface area contributed by atoms with Gasteiger partial charge in [-0.25, -0.2) is 0 Å². The summed E-state index contributed by atoms with van der Waals surface area (Å²) in [6, 6.07) is 0. The molecule has 0 fully saturated rings. The van der Waals surface area contributed by atoms with Gasteiger partial charge in [-0.05, 0) is 19.3 Å². The number of hydrogen-bond donors (Lipinski definition) is 1. The maximum Gasteiger partial charge on any atom is 0.0512 e. The Hall–Kier alpha value is -0.0400. The van der Waals surface area contributed by atoms with Crippen molar-refractivity contribution in [1.29, 1.82) is 0 Å². The smallest absolute Gasteiger partial charge is 0.0512 e. The predicted octanol–water partition coefficient (Wildman–Crippen LogP) is 3.75. The van der Waals surface area contributed by atoms with Gasteiger partial charge in [-0.3, -0.25) is 0 Å². The van der Waals surface area contributed by atoms with E-state index in [2.05, 4.69) is 13.8 Å². The molecule has 0 aliphatic carbocycles. The molecule has 80 valence electrons. The van der Waals surface area contributed by atoms with Crippen molar-refractivity contribution in [2.75, 3.05) is 0 Å². The van der Waals surface area contributed by atoms with Crippen LogP contribution in [0.25, 0.3) is 0 Å². The highest BCUT2D eigenvalue weighted by Gasteiger charge is 2.01. The lowest BCUT2D eigenvalue weighted by Crippen LogP contribution is -2.00. The minimum atomic E-state index is -0.106. The molecule has 2 unspecified atom stereocenters. The van der Waals surface area contributed by atoms with E-state index in [4.69, 9.17) is 5.11 Å². The van der Waals surface area contributed by atoms with E-state index in [1.165, 1.54) is 38.5 Å². The summed E-state index contributed by atoms with van der Waals surface area (Å²) in [5.74, 6) is 0.883. The van der Waals surface area contributed by atoms with Crippen LogP contribution in [0.1, 0.15) is 65.7 Å². The maximum atomic E-state index is 9.06. The van der Waals surface area contributed by atoms with E-state index in [1.807, 2.05) is 6.92 Å². The summed E-state index contributed by atoms with van der Waals surface area (Å²) in [4.78, 5) is 0. The highest BCUT2D eigenvalue weighted by molar-refractivity contribution is 4.55. The fraction of sp³-hybridized carbons (Fsp3) is 1.00. The first-order chi connectivity index (χ1) is 6.16. The number of unbranched alkanes of at least 4 members (excludes halogenated alkanes) is 2. The molecular weight excluding hydrogens is 160 g/mol. The van der Waals surface area contributed by atoms with E-state index in [9.17, 15) is 0 Å². The van der Waals surface area contributed by atoms with Crippen LogP contribution in [-0.2, 0) is 0 Å². The van der Waals surface area contributed by atoms with Gasteiger partial charge >= 0.3 is 0 Å². The number of aliphatic hydroxyl groups is 1. The molecule has 0 saturated carbocycles. The second-order valence-corrected chi connectivity index (χ2v) is 4.38. The van der Waals surface area contributed by atoms with Crippen molar-refractivity contribution in [1.82, 2.24) is 0 Å². The van der Waals surface area contributed by atoms with E-state index in [1.54, 1.807) is 0 Å². The van der Waals surface area contributed by atoms with E-state index < -0.39 is 0 Å². The Morgan fingerprint density at radius 1 is 0.923 bits per heavy atom. The molecule has 0 rings (SSSR count). The van der Waals surface area contributed by atoms with Crippen molar-refractivity contribution in [2.45, 2.75) is 71.8 Å². The molecule has 0 spiro atoms. The summed E-state index contributed by atoms with van der Waals surface area (Å²) in [6.45, 7) is 6.47. The Bertz CT molecular complexity index is 99.3. The van der Waals surface area contributed by atoms with Gasteiger partial charge in [-0.1, -0.05) is 52.4 Å². The van der Waals surface area contributed by atoms with Crippen molar-refractivity contribution in [3.63, 3.8) is 0 Å². The summed E-state index contributed by atoms with van der Waals surface area (Å²) in [5.41, 5.74) is 0. The van der Waals surface area contributed by atoms with Gasteiger partial charge in [0, 0.05) is 0 Å². The van der Waals surface area contributed by atoms with Crippen molar-refractivity contribution in [3.05, 3.63) is 0 Å².